The zero-order valence-corrected chi connectivity index (χ0v) is 17.5. The summed E-state index contributed by atoms with van der Waals surface area (Å²) in [7, 11) is 0. The van der Waals surface area contributed by atoms with Crippen molar-refractivity contribution in [2.45, 2.75) is 6.42 Å². The average molecular weight is 425 g/mol. The zero-order valence-electron chi connectivity index (χ0n) is 17.5. The number of carbonyl (C=O) groups excluding carboxylic acids is 1. The highest BCUT2D eigenvalue weighted by molar-refractivity contribution is 5.96. The van der Waals surface area contributed by atoms with E-state index in [-0.39, 0.29) is 18.9 Å². The molecule has 2 N–H and O–H groups in total. The maximum atomic E-state index is 12.9. The Balaban J connectivity index is 1.26. The number of nitrogens with zero attached hydrogens (tertiary/aromatic N) is 2. The summed E-state index contributed by atoms with van der Waals surface area (Å²) in [4.78, 5) is 18.8. The third kappa shape index (κ3) is 3.95. The highest BCUT2D eigenvalue weighted by Crippen LogP contribution is 2.36. The Bertz CT molecular complexity index is 1270. The van der Waals surface area contributed by atoms with E-state index in [1.807, 2.05) is 60.7 Å². The van der Waals surface area contributed by atoms with E-state index in [4.69, 9.17) is 15.2 Å². The number of aromatic nitrogens is 1. The van der Waals surface area contributed by atoms with Gasteiger partial charge >= 0.3 is 0 Å². The van der Waals surface area contributed by atoms with Gasteiger partial charge < -0.3 is 20.1 Å². The predicted octanol–water partition coefficient (Wildman–Crippen LogP) is 4.68. The lowest BCUT2D eigenvalue weighted by molar-refractivity contribution is -0.119. The summed E-state index contributed by atoms with van der Waals surface area (Å²) in [6, 6.07) is 23.7. The van der Waals surface area contributed by atoms with Crippen LogP contribution in [0.3, 0.4) is 0 Å². The summed E-state index contributed by atoms with van der Waals surface area (Å²) in [6.45, 7) is 1.27. The van der Waals surface area contributed by atoms with Crippen LogP contribution in [-0.4, -0.2) is 30.6 Å². The Hall–Kier alpha value is -4.06. The molecule has 0 saturated carbocycles. The second-order valence-electron chi connectivity index (χ2n) is 7.62. The fraction of sp³-hybridized carbons (Fsp3) is 0.154. The number of rotatable bonds is 5. The van der Waals surface area contributed by atoms with Crippen LogP contribution in [0.4, 0.5) is 11.5 Å². The van der Waals surface area contributed by atoms with Crippen LogP contribution < -0.4 is 20.1 Å². The number of fused-ring (bicyclic) bond motifs is 2. The summed E-state index contributed by atoms with van der Waals surface area (Å²) in [6.07, 6.45) is 1.94. The molecule has 4 aromatic rings. The average Bonchev–Trinajstić information content (AvgIpc) is 2.84. The molecular formula is C26H23N3O3. The molecule has 0 radical (unpaired) electrons. The SMILES string of the molecule is Nc1nccc2ccc(OCCC(=O)N3CCOc4cc(-c5ccccc5)ccc43)cc12. The third-order valence-electron chi connectivity index (χ3n) is 5.58. The number of amides is 1. The molecule has 5 rings (SSSR count). The number of pyridine rings is 1. The first kappa shape index (κ1) is 19.9. The monoisotopic (exact) mass is 425 g/mol. The second kappa shape index (κ2) is 8.59. The van der Waals surface area contributed by atoms with Gasteiger partial charge in [0.25, 0.3) is 0 Å². The minimum Gasteiger partial charge on any atom is -0.493 e. The number of ether oxygens (including phenoxy) is 2. The molecule has 1 amide bonds. The quantitative estimate of drug-likeness (QED) is 0.502. The lowest BCUT2D eigenvalue weighted by Crippen LogP contribution is -2.38. The lowest BCUT2D eigenvalue weighted by Gasteiger charge is -2.30. The number of hydrogen-bond donors (Lipinski definition) is 1. The summed E-state index contributed by atoms with van der Waals surface area (Å²) >= 11 is 0. The minimum atomic E-state index is 0.00369. The van der Waals surface area contributed by atoms with Gasteiger partial charge in [0.2, 0.25) is 5.91 Å². The Labute approximate surface area is 186 Å². The van der Waals surface area contributed by atoms with Crippen molar-refractivity contribution in [1.82, 2.24) is 4.98 Å². The van der Waals surface area contributed by atoms with Gasteiger partial charge in [-0.25, -0.2) is 4.98 Å². The Kier molecular flexibility index (Phi) is 5.34. The molecule has 0 aliphatic carbocycles. The van der Waals surface area contributed by atoms with E-state index < -0.39 is 0 Å². The smallest absolute Gasteiger partial charge is 0.230 e. The standard InChI is InChI=1S/C26H23N3O3/c27-26-22-17-21(8-6-19(22)10-12-28-26)31-14-11-25(30)29-13-15-32-24-16-20(7-9-23(24)29)18-4-2-1-3-5-18/h1-10,12,16-17H,11,13-15H2,(H2,27,28). The van der Waals surface area contributed by atoms with E-state index in [0.29, 0.717) is 24.7 Å². The fourth-order valence-electron chi connectivity index (χ4n) is 3.94. The lowest BCUT2D eigenvalue weighted by atomic mass is 10.0. The van der Waals surface area contributed by atoms with Gasteiger partial charge in [-0.3, -0.25) is 4.79 Å². The van der Waals surface area contributed by atoms with Crippen LogP contribution in [0.1, 0.15) is 6.42 Å². The van der Waals surface area contributed by atoms with Crippen molar-refractivity contribution in [1.29, 1.82) is 0 Å². The first-order chi connectivity index (χ1) is 15.7. The highest BCUT2D eigenvalue weighted by Gasteiger charge is 2.24. The Morgan fingerprint density at radius 2 is 1.91 bits per heavy atom. The minimum absolute atomic E-state index is 0.00369. The summed E-state index contributed by atoms with van der Waals surface area (Å²) < 4.78 is 11.7. The third-order valence-corrected chi connectivity index (χ3v) is 5.58. The Morgan fingerprint density at radius 3 is 2.78 bits per heavy atom. The number of anilines is 2. The first-order valence-electron chi connectivity index (χ1n) is 10.6. The maximum Gasteiger partial charge on any atom is 0.230 e. The molecule has 1 aromatic heterocycles. The van der Waals surface area contributed by atoms with E-state index in [2.05, 4.69) is 17.1 Å². The molecule has 1 aliphatic rings. The molecule has 0 saturated heterocycles. The summed E-state index contributed by atoms with van der Waals surface area (Å²) in [5.41, 5.74) is 8.92. The van der Waals surface area contributed by atoms with Gasteiger partial charge in [-0.15, -0.1) is 0 Å². The predicted molar refractivity (Wildman–Crippen MR) is 126 cm³/mol. The molecule has 0 spiro atoms. The van der Waals surface area contributed by atoms with E-state index in [9.17, 15) is 4.79 Å². The molecule has 160 valence electrons. The van der Waals surface area contributed by atoms with Crippen LogP contribution in [0.5, 0.6) is 11.5 Å². The van der Waals surface area contributed by atoms with Crippen molar-refractivity contribution in [2.24, 2.45) is 0 Å². The van der Waals surface area contributed by atoms with Gasteiger partial charge in [0.15, 0.2) is 0 Å². The molecule has 0 unspecified atom stereocenters. The van der Waals surface area contributed by atoms with Crippen molar-refractivity contribution in [3.63, 3.8) is 0 Å². The molecule has 32 heavy (non-hydrogen) atoms. The number of carbonyl (C=O) groups is 1. The van der Waals surface area contributed by atoms with Gasteiger partial charge in [0, 0.05) is 11.6 Å². The van der Waals surface area contributed by atoms with Gasteiger partial charge in [-0.05, 0) is 46.8 Å². The van der Waals surface area contributed by atoms with Crippen molar-refractivity contribution < 1.29 is 14.3 Å². The molecule has 6 heteroatoms. The summed E-state index contributed by atoms with van der Waals surface area (Å²) in [5.74, 6) is 1.86. The van der Waals surface area contributed by atoms with Crippen LogP contribution in [0, 0.1) is 0 Å². The number of nitrogens with two attached hydrogens (primary N) is 1. The van der Waals surface area contributed by atoms with Crippen molar-refractivity contribution >= 4 is 28.2 Å². The number of nitrogen functional groups attached to an aromatic ring is 1. The van der Waals surface area contributed by atoms with E-state index in [0.717, 1.165) is 33.3 Å². The van der Waals surface area contributed by atoms with Crippen molar-refractivity contribution in [3.8, 4) is 22.6 Å². The maximum absolute atomic E-state index is 12.9. The molecule has 2 heterocycles. The van der Waals surface area contributed by atoms with E-state index in [1.165, 1.54) is 0 Å². The first-order valence-corrected chi connectivity index (χ1v) is 10.6. The molecular weight excluding hydrogens is 402 g/mol. The van der Waals surface area contributed by atoms with Crippen LogP contribution in [-0.2, 0) is 4.79 Å². The fourth-order valence-corrected chi connectivity index (χ4v) is 3.94. The number of hydrogen-bond acceptors (Lipinski definition) is 5. The van der Waals surface area contributed by atoms with Crippen molar-refractivity contribution in [2.75, 3.05) is 30.4 Å². The van der Waals surface area contributed by atoms with Crippen molar-refractivity contribution in [3.05, 3.63) is 79.0 Å². The van der Waals surface area contributed by atoms with Gasteiger partial charge in [-0.2, -0.15) is 0 Å². The molecule has 0 atom stereocenters. The second-order valence-corrected chi connectivity index (χ2v) is 7.62. The van der Waals surface area contributed by atoms with E-state index in [1.54, 1.807) is 11.1 Å². The van der Waals surface area contributed by atoms with Gasteiger partial charge in [0.1, 0.15) is 23.9 Å². The summed E-state index contributed by atoms with van der Waals surface area (Å²) in [5, 5.41) is 1.84. The molecule has 1 aliphatic heterocycles. The molecule has 3 aromatic carbocycles. The zero-order chi connectivity index (χ0) is 21.9. The Morgan fingerprint density at radius 1 is 1.03 bits per heavy atom. The topological polar surface area (TPSA) is 77.7 Å². The van der Waals surface area contributed by atoms with Crippen LogP contribution in [0.2, 0.25) is 0 Å². The van der Waals surface area contributed by atoms with Crippen LogP contribution in [0.25, 0.3) is 21.9 Å². The van der Waals surface area contributed by atoms with Crippen LogP contribution in [0.15, 0.2) is 79.0 Å². The van der Waals surface area contributed by atoms with Gasteiger partial charge in [0.05, 0.1) is 25.3 Å². The van der Waals surface area contributed by atoms with Crippen LogP contribution >= 0.6 is 0 Å². The van der Waals surface area contributed by atoms with E-state index >= 15 is 0 Å². The van der Waals surface area contributed by atoms with Gasteiger partial charge in [-0.1, -0.05) is 42.5 Å². The normalized spacial score (nSPS) is 12.8. The highest BCUT2D eigenvalue weighted by atomic mass is 16.5. The molecule has 0 fully saturated rings. The molecule has 6 nitrogen and oxygen atoms in total. The molecule has 0 bridgehead atoms. The largest absolute Gasteiger partial charge is 0.493 e. The number of benzene rings is 3.